The standard InChI is InChI=1S/C24H33N3O6/c1-25-21(29)18-17-11-12-24(33-17)19(18)23(31)27(13-5-3-4-6-14-28)20(24)22(30)26-15-7-9-16(32-2)10-8-15/h7-10,17-20,28H,3-6,11-14H2,1-2H3,(H,25,29)(H,26,30)/t17-,18+,19-,20?,24?/m0/s1. The van der Waals surface area contributed by atoms with Gasteiger partial charge in [0.05, 0.1) is 25.0 Å². The van der Waals surface area contributed by atoms with E-state index in [4.69, 9.17) is 14.6 Å². The van der Waals surface area contributed by atoms with Gasteiger partial charge in [0.2, 0.25) is 17.7 Å². The van der Waals surface area contributed by atoms with Crippen molar-refractivity contribution in [3.8, 4) is 5.75 Å². The van der Waals surface area contributed by atoms with E-state index in [0.717, 1.165) is 19.3 Å². The second kappa shape index (κ2) is 9.69. The summed E-state index contributed by atoms with van der Waals surface area (Å²) in [6.07, 6.45) is 4.01. The molecule has 2 unspecified atom stereocenters. The fraction of sp³-hybridized carbons (Fsp3) is 0.625. The third-order valence-corrected chi connectivity index (χ3v) is 7.26. The minimum atomic E-state index is -0.986. The molecule has 3 N–H and O–H groups in total. The molecule has 3 amide bonds. The van der Waals surface area contributed by atoms with Gasteiger partial charge in [0.1, 0.15) is 17.4 Å². The summed E-state index contributed by atoms with van der Waals surface area (Å²) in [4.78, 5) is 41.5. The van der Waals surface area contributed by atoms with E-state index < -0.39 is 23.5 Å². The zero-order valence-electron chi connectivity index (χ0n) is 19.2. The predicted octanol–water partition coefficient (Wildman–Crippen LogP) is 1.31. The van der Waals surface area contributed by atoms with Gasteiger partial charge >= 0.3 is 0 Å². The van der Waals surface area contributed by atoms with Crippen molar-refractivity contribution in [2.45, 2.75) is 56.3 Å². The lowest BCUT2D eigenvalue weighted by molar-refractivity contribution is -0.140. The van der Waals surface area contributed by atoms with E-state index in [-0.39, 0.29) is 30.4 Å². The van der Waals surface area contributed by atoms with Crippen molar-refractivity contribution in [2.75, 3.05) is 32.6 Å². The van der Waals surface area contributed by atoms with Crippen LogP contribution >= 0.6 is 0 Å². The van der Waals surface area contributed by atoms with Crippen molar-refractivity contribution in [1.82, 2.24) is 10.2 Å². The Kier molecular flexibility index (Phi) is 6.90. The smallest absolute Gasteiger partial charge is 0.250 e. The largest absolute Gasteiger partial charge is 0.497 e. The second-order valence-corrected chi connectivity index (χ2v) is 9.06. The van der Waals surface area contributed by atoms with Gasteiger partial charge in [0, 0.05) is 25.9 Å². The average Bonchev–Trinajstić information content (AvgIpc) is 3.46. The van der Waals surface area contributed by atoms with Crippen molar-refractivity contribution >= 4 is 23.4 Å². The number of benzene rings is 1. The van der Waals surface area contributed by atoms with Gasteiger partial charge in [0.15, 0.2) is 0 Å². The molecule has 2 bridgehead atoms. The molecular weight excluding hydrogens is 426 g/mol. The summed E-state index contributed by atoms with van der Waals surface area (Å²) in [5, 5.41) is 14.6. The molecule has 0 aliphatic carbocycles. The zero-order chi connectivity index (χ0) is 23.6. The highest BCUT2D eigenvalue weighted by Crippen LogP contribution is 2.58. The number of aliphatic hydroxyl groups excluding tert-OH is 1. The first-order valence-corrected chi connectivity index (χ1v) is 11.7. The van der Waals surface area contributed by atoms with Gasteiger partial charge in [-0.1, -0.05) is 12.8 Å². The number of carbonyl (C=O) groups excluding carboxylic acids is 3. The molecule has 180 valence electrons. The molecule has 0 aromatic heterocycles. The SMILES string of the molecule is CNC(=O)[C@@H]1[C@@H]2CCC3(O2)C(C(=O)Nc2ccc(OC)cc2)N(CCCCCCO)C(=O)[C@H]13. The molecular formula is C24H33N3O6. The van der Waals surface area contributed by atoms with Gasteiger partial charge in [0.25, 0.3) is 0 Å². The zero-order valence-corrected chi connectivity index (χ0v) is 19.2. The quantitative estimate of drug-likeness (QED) is 0.454. The lowest BCUT2D eigenvalue weighted by Gasteiger charge is -2.33. The van der Waals surface area contributed by atoms with Crippen LogP contribution in [0, 0.1) is 11.8 Å². The van der Waals surface area contributed by atoms with E-state index in [2.05, 4.69) is 10.6 Å². The fourth-order valence-electron chi connectivity index (χ4n) is 5.79. The van der Waals surface area contributed by atoms with Crippen LogP contribution < -0.4 is 15.4 Å². The van der Waals surface area contributed by atoms with E-state index in [1.165, 1.54) is 0 Å². The van der Waals surface area contributed by atoms with Crippen molar-refractivity contribution in [1.29, 1.82) is 0 Å². The number of nitrogens with one attached hydrogen (secondary N) is 2. The highest BCUT2D eigenvalue weighted by Gasteiger charge is 2.74. The summed E-state index contributed by atoms with van der Waals surface area (Å²) in [6.45, 7) is 0.557. The molecule has 3 saturated heterocycles. The molecule has 1 aromatic carbocycles. The Morgan fingerprint density at radius 1 is 1.18 bits per heavy atom. The lowest BCUT2D eigenvalue weighted by Crippen LogP contribution is -2.53. The Morgan fingerprint density at radius 3 is 2.58 bits per heavy atom. The van der Waals surface area contributed by atoms with Crippen LogP contribution in [0.5, 0.6) is 5.75 Å². The number of hydrogen-bond acceptors (Lipinski definition) is 6. The molecule has 0 radical (unpaired) electrons. The summed E-state index contributed by atoms with van der Waals surface area (Å²) in [5.74, 6) is -1.24. The van der Waals surface area contributed by atoms with Gasteiger partial charge in [-0.2, -0.15) is 0 Å². The van der Waals surface area contributed by atoms with Crippen LogP contribution in [-0.2, 0) is 19.1 Å². The number of likely N-dealkylation sites (tertiary alicyclic amines) is 1. The van der Waals surface area contributed by atoms with Crippen LogP contribution in [0.3, 0.4) is 0 Å². The Morgan fingerprint density at radius 2 is 1.91 bits per heavy atom. The van der Waals surface area contributed by atoms with Crippen LogP contribution in [0.15, 0.2) is 24.3 Å². The average molecular weight is 460 g/mol. The summed E-state index contributed by atoms with van der Waals surface area (Å²) in [7, 11) is 3.14. The number of rotatable bonds is 10. The third kappa shape index (κ3) is 4.08. The first-order chi connectivity index (χ1) is 16.0. The van der Waals surface area contributed by atoms with Gasteiger partial charge < -0.3 is 30.1 Å². The number of anilines is 1. The Balaban J connectivity index is 1.59. The van der Waals surface area contributed by atoms with E-state index in [9.17, 15) is 14.4 Å². The molecule has 1 spiro atoms. The van der Waals surface area contributed by atoms with E-state index in [1.54, 1.807) is 43.3 Å². The molecule has 9 nitrogen and oxygen atoms in total. The fourth-order valence-corrected chi connectivity index (χ4v) is 5.79. The maximum Gasteiger partial charge on any atom is 0.250 e. The summed E-state index contributed by atoms with van der Waals surface area (Å²) in [6, 6.07) is 6.22. The summed E-state index contributed by atoms with van der Waals surface area (Å²) >= 11 is 0. The van der Waals surface area contributed by atoms with Crippen molar-refractivity contribution in [3.05, 3.63) is 24.3 Å². The highest BCUT2D eigenvalue weighted by atomic mass is 16.5. The number of carbonyl (C=O) groups is 3. The number of hydrogen-bond donors (Lipinski definition) is 3. The van der Waals surface area contributed by atoms with Crippen LogP contribution in [0.4, 0.5) is 5.69 Å². The number of methoxy groups -OCH3 is 1. The predicted molar refractivity (Wildman–Crippen MR) is 121 cm³/mol. The number of ether oxygens (including phenoxy) is 2. The maximum atomic E-state index is 13.6. The van der Waals surface area contributed by atoms with Crippen LogP contribution in [0.1, 0.15) is 38.5 Å². The van der Waals surface area contributed by atoms with Crippen molar-refractivity contribution < 1.29 is 29.0 Å². The molecule has 33 heavy (non-hydrogen) atoms. The monoisotopic (exact) mass is 459 g/mol. The number of unbranched alkanes of at least 4 members (excludes halogenated alkanes) is 3. The molecule has 1 aromatic rings. The Labute approximate surface area is 193 Å². The second-order valence-electron chi connectivity index (χ2n) is 9.06. The van der Waals surface area contributed by atoms with E-state index in [0.29, 0.717) is 37.2 Å². The van der Waals surface area contributed by atoms with Crippen LogP contribution in [0.2, 0.25) is 0 Å². The van der Waals surface area contributed by atoms with Gasteiger partial charge in [-0.25, -0.2) is 0 Å². The van der Waals surface area contributed by atoms with Crippen LogP contribution in [0.25, 0.3) is 0 Å². The molecule has 3 fully saturated rings. The molecule has 4 rings (SSSR count). The van der Waals surface area contributed by atoms with Crippen molar-refractivity contribution in [3.63, 3.8) is 0 Å². The summed E-state index contributed by atoms with van der Waals surface area (Å²) in [5.41, 5.74) is -0.382. The first-order valence-electron chi connectivity index (χ1n) is 11.7. The third-order valence-electron chi connectivity index (χ3n) is 7.26. The normalized spacial score (nSPS) is 29.8. The lowest BCUT2D eigenvalue weighted by atomic mass is 9.70. The molecule has 3 aliphatic rings. The molecule has 3 heterocycles. The molecule has 3 aliphatic heterocycles. The van der Waals surface area contributed by atoms with Crippen molar-refractivity contribution in [2.24, 2.45) is 11.8 Å². The van der Waals surface area contributed by atoms with E-state index in [1.807, 2.05) is 0 Å². The Hall–Kier alpha value is -2.65. The first kappa shape index (κ1) is 23.5. The maximum absolute atomic E-state index is 13.6. The molecule has 9 heteroatoms. The summed E-state index contributed by atoms with van der Waals surface area (Å²) < 4.78 is 11.5. The van der Waals surface area contributed by atoms with E-state index >= 15 is 0 Å². The highest BCUT2D eigenvalue weighted by molar-refractivity contribution is 6.03. The van der Waals surface area contributed by atoms with Gasteiger partial charge in [-0.3, -0.25) is 14.4 Å². The molecule has 0 saturated carbocycles. The number of amides is 3. The Bertz CT molecular complexity index is 891. The van der Waals surface area contributed by atoms with Gasteiger partial charge in [-0.05, 0) is 49.9 Å². The van der Waals surface area contributed by atoms with Crippen LogP contribution in [-0.4, -0.2) is 72.8 Å². The van der Waals surface area contributed by atoms with Gasteiger partial charge in [-0.15, -0.1) is 0 Å². The number of nitrogens with zero attached hydrogens (tertiary/aromatic N) is 1. The number of fused-ring (bicyclic) bond motifs is 1. The topological polar surface area (TPSA) is 117 Å². The minimum absolute atomic E-state index is 0.143. The number of aliphatic hydroxyl groups is 1. The minimum Gasteiger partial charge on any atom is -0.497 e. The molecule has 5 atom stereocenters.